The average molecular weight is 390 g/mol. The number of imidazole rings is 1. The lowest BCUT2D eigenvalue weighted by molar-refractivity contribution is 0.0337. The minimum atomic E-state index is -0.694. The summed E-state index contributed by atoms with van der Waals surface area (Å²) in [5, 5.41) is 0. The molecule has 0 fully saturated rings. The van der Waals surface area contributed by atoms with Crippen molar-refractivity contribution in [2.75, 3.05) is 13.2 Å². The van der Waals surface area contributed by atoms with E-state index in [2.05, 4.69) is 10.5 Å². The monoisotopic (exact) mass is 390 g/mol. The van der Waals surface area contributed by atoms with Crippen LogP contribution in [0.5, 0.6) is 5.75 Å². The number of nitrogens with zero attached hydrogens (tertiary/aromatic N) is 2. The van der Waals surface area contributed by atoms with Crippen LogP contribution >= 0.6 is 0 Å². The van der Waals surface area contributed by atoms with E-state index in [4.69, 9.17) is 15.3 Å². The lowest BCUT2D eigenvalue weighted by atomic mass is 10.2. The Bertz CT molecular complexity index is 1000. The number of carbonyl (C=O) groups excluding carboxylic acids is 1. The summed E-state index contributed by atoms with van der Waals surface area (Å²) in [4.78, 5) is 21.8. The van der Waals surface area contributed by atoms with E-state index < -0.39 is 17.5 Å². The normalized spacial score (nSPS) is 11.0. The van der Waals surface area contributed by atoms with Crippen molar-refractivity contribution in [2.45, 2.75) is 20.5 Å². The molecule has 7 nitrogen and oxygen atoms in total. The van der Waals surface area contributed by atoms with Crippen LogP contribution in [0.4, 0.5) is 8.78 Å². The largest absolute Gasteiger partial charge is 0.485 e. The first-order valence-corrected chi connectivity index (χ1v) is 8.59. The van der Waals surface area contributed by atoms with Gasteiger partial charge in [0.1, 0.15) is 23.9 Å². The number of nitrogens with two attached hydrogens (primary N) is 1. The molecule has 0 spiro atoms. The quantitative estimate of drug-likeness (QED) is 0.478. The van der Waals surface area contributed by atoms with E-state index in [0.29, 0.717) is 17.1 Å². The van der Waals surface area contributed by atoms with Gasteiger partial charge in [-0.05, 0) is 37.6 Å². The van der Waals surface area contributed by atoms with Gasteiger partial charge in [0.15, 0.2) is 11.4 Å². The van der Waals surface area contributed by atoms with E-state index in [1.807, 2.05) is 0 Å². The second-order valence-corrected chi connectivity index (χ2v) is 6.18. The molecule has 0 aliphatic heterocycles. The summed E-state index contributed by atoms with van der Waals surface area (Å²) < 4.78 is 34.9. The molecule has 3 rings (SSSR count). The standard InChI is InChI=1S/C19H20F2N4O3/c1-11-8-16(27-10-13-14(20)4-3-5-15(13)21)18-23-12(2)17(25(18)9-11)19(26)24-28-7-6-22/h3-5,8-9H,6-7,10,22H2,1-2H3,(H,24,26). The number of hydrogen-bond donors (Lipinski definition) is 2. The molecule has 9 heteroatoms. The molecule has 0 aliphatic rings. The van der Waals surface area contributed by atoms with Crippen LogP contribution in [0.3, 0.4) is 0 Å². The topological polar surface area (TPSA) is 90.9 Å². The molecule has 2 heterocycles. The zero-order chi connectivity index (χ0) is 20.3. The molecule has 1 amide bonds. The zero-order valence-electron chi connectivity index (χ0n) is 15.5. The van der Waals surface area contributed by atoms with E-state index in [1.54, 1.807) is 30.5 Å². The van der Waals surface area contributed by atoms with Gasteiger partial charge in [-0.25, -0.2) is 19.2 Å². The van der Waals surface area contributed by atoms with Gasteiger partial charge in [-0.1, -0.05) is 6.07 Å². The van der Waals surface area contributed by atoms with Crippen molar-refractivity contribution < 1.29 is 23.1 Å². The van der Waals surface area contributed by atoms with Gasteiger partial charge in [0, 0.05) is 12.7 Å². The Kier molecular flexibility index (Phi) is 5.86. The number of rotatable bonds is 7. The molecule has 3 N–H and O–H groups in total. The third-order valence-corrected chi connectivity index (χ3v) is 4.03. The molecule has 28 heavy (non-hydrogen) atoms. The van der Waals surface area contributed by atoms with Crippen molar-refractivity contribution in [2.24, 2.45) is 5.73 Å². The van der Waals surface area contributed by atoms with Crippen molar-refractivity contribution >= 4 is 11.6 Å². The molecule has 0 bridgehead atoms. The van der Waals surface area contributed by atoms with Crippen LogP contribution in [-0.2, 0) is 11.4 Å². The van der Waals surface area contributed by atoms with Crippen LogP contribution in [0.2, 0.25) is 0 Å². The summed E-state index contributed by atoms with van der Waals surface area (Å²) in [6.45, 7) is 3.59. The zero-order valence-corrected chi connectivity index (χ0v) is 15.5. The predicted molar refractivity (Wildman–Crippen MR) is 97.8 cm³/mol. The fraction of sp³-hybridized carbons (Fsp3) is 0.263. The van der Waals surface area contributed by atoms with E-state index in [9.17, 15) is 13.6 Å². The Morgan fingerprint density at radius 3 is 2.68 bits per heavy atom. The van der Waals surface area contributed by atoms with Gasteiger partial charge < -0.3 is 10.5 Å². The lowest BCUT2D eigenvalue weighted by Gasteiger charge is -2.11. The molecule has 0 atom stereocenters. The number of pyridine rings is 1. The maximum atomic E-state index is 13.9. The molecule has 0 saturated heterocycles. The maximum absolute atomic E-state index is 13.9. The van der Waals surface area contributed by atoms with Crippen LogP contribution in [0, 0.1) is 25.5 Å². The smallest absolute Gasteiger partial charge is 0.293 e. The van der Waals surface area contributed by atoms with Crippen LogP contribution in [0.25, 0.3) is 5.65 Å². The SMILES string of the molecule is Cc1cc(OCc2c(F)cccc2F)c2nc(C)c(C(=O)NOCCN)n2c1. The van der Waals surface area contributed by atoms with E-state index in [0.717, 1.165) is 17.7 Å². The summed E-state index contributed by atoms with van der Waals surface area (Å²) in [5.74, 6) is -1.58. The molecule has 3 aromatic rings. The Balaban J connectivity index is 1.94. The van der Waals surface area contributed by atoms with Gasteiger partial charge in [-0.3, -0.25) is 14.0 Å². The fourth-order valence-corrected chi connectivity index (χ4v) is 2.78. The molecule has 2 aromatic heterocycles. The van der Waals surface area contributed by atoms with Gasteiger partial charge >= 0.3 is 0 Å². The Morgan fingerprint density at radius 2 is 2.00 bits per heavy atom. The second kappa shape index (κ2) is 8.32. The molecule has 148 valence electrons. The van der Waals surface area contributed by atoms with Crippen LogP contribution in [0.15, 0.2) is 30.5 Å². The van der Waals surface area contributed by atoms with Gasteiger partial charge in [0.2, 0.25) is 0 Å². The van der Waals surface area contributed by atoms with Gasteiger partial charge in [-0.2, -0.15) is 0 Å². The first-order valence-electron chi connectivity index (χ1n) is 8.59. The Hall–Kier alpha value is -3.04. The Morgan fingerprint density at radius 1 is 1.29 bits per heavy atom. The predicted octanol–water partition coefficient (Wildman–Crippen LogP) is 2.43. The van der Waals surface area contributed by atoms with Crippen molar-refractivity contribution in [3.05, 3.63) is 64.6 Å². The number of ether oxygens (including phenoxy) is 1. The molecule has 0 radical (unpaired) electrons. The van der Waals surface area contributed by atoms with Crippen LogP contribution in [0.1, 0.15) is 27.3 Å². The Labute approximate surface area is 160 Å². The molecular weight excluding hydrogens is 370 g/mol. The number of hydroxylamine groups is 1. The third kappa shape index (κ3) is 3.95. The van der Waals surface area contributed by atoms with Crippen molar-refractivity contribution in [3.63, 3.8) is 0 Å². The highest BCUT2D eigenvalue weighted by molar-refractivity contribution is 5.94. The van der Waals surface area contributed by atoms with Gasteiger partial charge in [0.25, 0.3) is 5.91 Å². The summed E-state index contributed by atoms with van der Waals surface area (Å²) >= 11 is 0. The van der Waals surface area contributed by atoms with E-state index in [1.165, 1.54) is 6.07 Å². The maximum Gasteiger partial charge on any atom is 0.293 e. The number of aromatic nitrogens is 2. The second-order valence-electron chi connectivity index (χ2n) is 6.18. The average Bonchev–Trinajstić information content (AvgIpc) is 2.97. The van der Waals surface area contributed by atoms with Gasteiger partial charge in [0.05, 0.1) is 17.9 Å². The van der Waals surface area contributed by atoms with Crippen molar-refractivity contribution in [3.8, 4) is 5.75 Å². The summed E-state index contributed by atoms with van der Waals surface area (Å²) in [7, 11) is 0. The van der Waals surface area contributed by atoms with Crippen molar-refractivity contribution in [1.29, 1.82) is 0 Å². The summed E-state index contributed by atoms with van der Waals surface area (Å²) in [5.41, 5.74) is 9.29. The number of amides is 1. The van der Waals surface area contributed by atoms with E-state index >= 15 is 0 Å². The number of carbonyl (C=O) groups is 1. The minimum absolute atomic E-state index is 0.170. The highest BCUT2D eigenvalue weighted by atomic mass is 19.1. The number of hydrogen-bond acceptors (Lipinski definition) is 5. The third-order valence-electron chi connectivity index (χ3n) is 4.03. The van der Waals surface area contributed by atoms with Crippen LogP contribution in [-0.4, -0.2) is 28.4 Å². The van der Waals surface area contributed by atoms with Crippen LogP contribution < -0.4 is 16.0 Å². The first kappa shape index (κ1) is 19.7. The lowest BCUT2D eigenvalue weighted by Crippen LogP contribution is -2.28. The molecule has 0 aliphatic carbocycles. The summed E-state index contributed by atoms with van der Waals surface area (Å²) in [6, 6.07) is 5.30. The number of aryl methyl sites for hydroxylation is 2. The first-order chi connectivity index (χ1) is 13.4. The van der Waals surface area contributed by atoms with E-state index in [-0.39, 0.29) is 31.0 Å². The van der Waals surface area contributed by atoms with Gasteiger partial charge in [-0.15, -0.1) is 0 Å². The molecule has 0 unspecified atom stereocenters. The number of nitrogens with one attached hydrogen (secondary N) is 1. The fourth-order valence-electron chi connectivity index (χ4n) is 2.78. The molecular formula is C19H20F2N4O3. The molecule has 0 saturated carbocycles. The highest BCUT2D eigenvalue weighted by Crippen LogP contribution is 2.25. The summed E-state index contributed by atoms with van der Waals surface area (Å²) in [6.07, 6.45) is 1.71. The number of fused-ring (bicyclic) bond motifs is 1. The highest BCUT2D eigenvalue weighted by Gasteiger charge is 2.20. The minimum Gasteiger partial charge on any atom is -0.485 e. The number of halogens is 2. The number of benzene rings is 1. The molecule has 1 aromatic carbocycles. The van der Waals surface area contributed by atoms with Crippen molar-refractivity contribution in [1.82, 2.24) is 14.9 Å².